The molecule has 0 spiro atoms. The highest BCUT2D eigenvalue weighted by atomic mass is 32.2. The Balaban J connectivity index is 2.28. The Hall–Kier alpha value is -1.36. The van der Waals surface area contributed by atoms with E-state index in [1.807, 2.05) is 0 Å². The summed E-state index contributed by atoms with van der Waals surface area (Å²) in [5.74, 6) is -1.37. The molecular weight excluding hydrogens is 310 g/mol. The van der Waals surface area contributed by atoms with Gasteiger partial charge >= 0.3 is 5.97 Å². The SMILES string of the molecule is CC(NS(=O)(=O)c1scnc1C(=O)O)c1nccs1. The van der Waals surface area contributed by atoms with E-state index in [1.54, 1.807) is 18.5 Å². The quantitative estimate of drug-likeness (QED) is 0.860. The third kappa shape index (κ3) is 2.97. The largest absolute Gasteiger partial charge is 0.476 e. The summed E-state index contributed by atoms with van der Waals surface area (Å²) < 4.78 is 26.3. The highest BCUT2D eigenvalue weighted by Gasteiger charge is 2.27. The summed E-state index contributed by atoms with van der Waals surface area (Å²) in [6, 6.07) is -0.534. The maximum Gasteiger partial charge on any atom is 0.356 e. The standard InChI is InChI=1S/C9H9N3O4S3/c1-5(7-10-2-3-17-7)12-19(15,16)9-6(8(13)14)11-4-18-9/h2-5,12H,1H3,(H,13,14). The fourth-order valence-corrected chi connectivity index (χ4v) is 4.44. The van der Waals surface area contributed by atoms with Crippen LogP contribution in [0.4, 0.5) is 0 Å². The van der Waals surface area contributed by atoms with Crippen LogP contribution in [-0.2, 0) is 10.0 Å². The van der Waals surface area contributed by atoms with Gasteiger partial charge in [-0.2, -0.15) is 0 Å². The Kier molecular flexibility index (Phi) is 3.94. The van der Waals surface area contributed by atoms with E-state index in [1.165, 1.54) is 16.8 Å². The third-order valence-electron chi connectivity index (χ3n) is 2.14. The molecule has 1 unspecified atom stereocenters. The van der Waals surface area contributed by atoms with Gasteiger partial charge in [-0.25, -0.2) is 27.9 Å². The molecule has 0 saturated carbocycles. The third-order valence-corrected chi connectivity index (χ3v) is 6.00. The first-order chi connectivity index (χ1) is 8.92. The summed E-state index contributed by atoms with van der Waals surface area (Å²) in [6.45, 7) is 1.64. The van der Waals surface area contributed by atoms with Crippen molar-refractivity contribution in [3.63, 3.8) is 0 Å². The fraction of sp³-hybridized carbons (Fsp3) is 0.222. The first kappa shape index (κ1) is 14.1. The zero-order valence-corrected chi connectivity index (χ0v) is 12.1. The van der Waals surface area contributed by atoms with E-state index in [9.17, 15) is 13.2 Å². The number of nitrogens with zero attached hydrogens (tertiary/aromatic N) is 2. The van der Waals surface area contributed by atoms with Gasteiger partial charge in [0.2, 0.25) is 0 Å². The minimum Gasteiger partial charge on any atom is -0.476 e. The van der Waals surface area contributed by atoms with Gasteiger partial charge in [0.05, 0.1) is 11.6 Å². The zero-order valence-electron chi connectivity index (χ0n) is 9.60. The molecule has 2 heterocycles. The van der Waals surface area contributed by atoms with Gasteiger partial charge in [0.25, 0.3) is 10.0 Å². The van der Waals surface area contributed by atoms with Crippen LogP contribution >= 0.6 is 22.7 Å². The number of aromatic nitrogens is 2. The van der Waals surface area contributed by atoms with Gasteiger partial charge in [0.15, 0.2) is 9.90 Å². The molecule has 2 aromatic heterocycles. The molecule has 0 radical (unpaired) electrons. The monoisotopic (exact) mass is 319 g/mol. The van der Waals surface area contributed by atoms with E-state index in [0.29, 0.717) is 5.01 Å². The number of sulfonamides is 1. The van der Waals surface area contributed by atoms with Gasteiger partial charge in [-0.1, -0.05) is 0 Å². The number of carbonyl (C=O) groups is 1. The van der Waals surface area contributed by atoms with Gasteiger partial charge < -0.3 is 5.11 Å². The molecule has 0 bridgehead atoms. The van der Waals surface area contributed by atoms with Crippen LogP contribution in [0, 0.1) is 0 Å². The van der Waals surface area contributed by atoms with E-state index < -0.39 is 27.7 Å². The number of rotatable bonds is 5. The number of aromatic carboxylic acids is 1. The molecule has 0 aliphatic heterocycles. The van der Waals surface area contributed by atoms with Crippen LogP contribution in [0.5, 0.6) is 0 Å². The predicted octanol–water partition coefficient (Wildman–Crippen LogP) is 1.34. The molecule has 7 nitrogen and oxygen atoms in total. The summed E-state index contributed by atoms with van der Waals surface area (Å²) >= 11 is 2.08. The molecule has 102 valence electrons. The van der Waals surface area contributed by atoms with Crippen LogP contribution in [0.25, 0.3) is 0 Å². The molecule has 2 aromatic rings. The Labute approximate surface area is 117 Å². The summed E-state index contributed by atoms with van der Waals surface area (Å²) in [5, 5.41) is 11.2. The normalized spacial score (nSPS) is 13.3. The number of carboxylic acids is 1. The van der Waals surface area contributed by atoms with Gasteiger partial charge in [-0.05, 0) is 6.92 Å². The van der Waals surface area contributed by atoms with Crippen molar-refractivity contribution in [3.05, 3.63) is 27.8 Å². The smallest absolute Gasteiger partial charge is 0.356 e. The van der Waals surface area contributed by atoms with Gasteiger partial charge in [-0.3, -0.25) is 0 Å². The lowest BCUT2D eigenvalue weighted by atomic mass is 10.4. The van der Waals surface area contributed by atoms with E-state index in [0.717, 1.165) is 11.3 Å². The van der Waals surface area contributed by atoms with Crippen LogP contribution in [-0.4, -0.2) is 29.5 Å². The van der Waals surface area contributed by atoms with Crippen LogP contribution in [0.15, 0.2) is 21.3 Å². The Morgan fingerprint density at radius 3 is 2.74 bits per heavy atom. The summed E-state index contributed by atoms with van der Waals surface area (Å²) in [5.41, 5.74) is 0.718. The molecule has 0 aromatic carbocycles. The van der Waals surface area contributed by atoms with Crippen molar-refractivity contribution >= 4 is 38.7 Å². The van der Waals surface area contributed by atoms with E-state index >= 15 is 0 Å². The lowest BCUT2D eigenvalue weighted by Gasteiger charge is -2.10. The maximum absolute atomic E-state index is 12.1. The van der Waals surface area contributed by atoms with Crippen molar-refractivity contribution in [2.24, 2.45) is 0 Å². The molecular formula is C9H9N3O4S3. The fourth-order valence-electron chi connectivity index (χ4n) is 1.35. The number of carboxylic acid groups (broad SMARTS) is 1. The Bertz CT molecular complexity index is 677. The first-order valence-electron chi connectivity index (χ1n) is 5.00. The number of nitrogens with one attached hydrogen (secondary N) is 1. The highest BCUT2D eigenvalue weighted by Crippen LogP contribution is 2.23. The molecule has 19 heavy (non-hydrogen) atoms. The molecule has 1 atom stereocenters. The number of thiazole rings is 2. The van der Waals surface area contributed by atoms with Crippen molar-refractivity contribution < 1.29 is 18.3 Å². The zero-order chi connectivity index (χ0) is 14.0. The predicted molar refractivity (Wildman–Crippen MR) is 69.9 cm³/mol. The highest BCUT2D eigenvalue weighted by molar-refractivity contribution is 7.91. The Morgan fingerprint density at radius 2 is 2.16 bits per heavy atom. The summed E-state index contributed by atoms with van der Waals surface area (Å²) in [4.78, 5) is 18.4. The van der Waals surface area contributed by atoms with Crippen molar-refractivity contribution in [1.82, 2.24) is 14.7 Å². The van der Waals surface area contributed by atoms with E-state index in [4.69, 9.17) is 5.11 Å². The number of hydrogen-bond donors (Lipinski definition) is 2. The molecule has 0 amide bonds. The van der Waals surface area contributed by atoms with Gasteiger partial charge in [0, 0.05) is 11.6 Å². The van der Waals surface area contributed by atoms with Crippen molar-refractivity contribution in [2.45, 2.75) is 17.2 Å². The Morgan fingerprint density at radius 1 is 1.42 bits per heavy atom. The lowest BCUT2D eigenvalue weighted by Crippen LogP contribution is -2.27. The molecule has 0 saturated heterocycles. The lowest BCUT2D eigenvalue weighted by molar-refractivity contribution is 0.0687. The molecule has 2 rings (SSSR count). The minimum absolute atomic E-state index is 0.302. The second-order valence-electron chi connectivity index (χ2n) is 3.51. The van der Waals surface area contributed by atoms with Crippen LogP contribution in [0.1, 0.15) is 28.5 Å². The summed E-state index contributed by atoms with van der Waals surface area (Å²) in [7, 11) is -3.93. The van der Waals surface area contributed by atoms with Gasteiger partial charge in [0.1, 0.15) is 5.01 Å². The summed E-state index contributed by atoms with van der Waals surface area (Å²) in [6.07, 6.45) is 1.57. The first-order valence-corrected chi connectivity index (χ1v) is 8.24. The molecule has 0 aliphatic carbocycles. The van der Waals surface area contributed by atoms with Crippen molar-refractivity contribution in [1.29, 1.82) is 0 Å². The van der Waals surface area contributed by atoms with Crippen molar-refractivity contribution in [2.75, 3.05) is 0 Å². The van der Waals surface area contributed by atoms with Crippen LogP contribution in [0.3, 0.4) is 0 Å². The van der Waals surface area contributed by atoms with E-state index in [2.05, 4.69) is 14.7 Å². The van der Waals surface area contributed by atoms with Crippen LogP contribution in [0.2, 0.25) is 0 Å². The molecule has 0 fully saturated rings. The molecule has 0 aliphatic rings. The number of hydrogen-bond acceptors (Lipinski definition) is 7. The minimum atomic E-state index is -3.93. The average Bonchev–Trinajstić information content (AvgIpc) is 3.00. The molecule has 10 heteroatoms. The topological polar surface area (TPSA) is 109 Å². The van der Waals surface area contributed by atoms with Crippen molar-refractivity contribution in [3.8, 4) is 0 Å². The second kappa shape index (κ2) is 5.33. The van der Waals surface area contributed by atoms with Crippen LogP contribution < -0.4 is 4.72 Å². The molecule has 2 N–H and O–H groups in total. The van der Waals surface area contributed by atoms with Gasteiger partial charge in [-0.15, -0.1) is 22.7 Å². The second-order valence-corrected chi connectivity index (χ2v) is 7.20. The van der Waals surface area contributed by atoms with E-state index in [-0.39, 0.29) is 4.21 Å². The maximum atomic E-state index is 12.1. The average molecular weight is 319 g/mol.